The summed E-state index contributed by atoms with van der Waals surface area (Å²) in [4.78, 5) is 29.7. The number of thiophene rings is 1. The van der Waals surface area contributed by atoms with Gasteiger partial charge in [0, 0.05) is 42.4 Å². The van der Waals surface area contributed by atoms with Gasteiger partial charge in [-0.15, -0.1) is 16.4 Å². The molecule has 0 bridgehead atoms. The summed E-state index contributed by atoms with van der Waals surface area (Å²) in [6, 6.07) is 21.7. The molecule has 43 heavy (non-hydrogen) atoms. The van der Waals surface area contributed by atoms with Crippen LogP contribution in [-0.2, 0) is 19.7 Å². The summed E-state index contributed by atoms with van der Waals surface area (Å²) in [5.74, 6) is 0.265. The number of nitrogens with one attached hydrogen (secondary N) is 1. The molecule has 0 atom stereocenters. The zero-order chi connectivity index (χ0) is 29.6. The average molecular weight is 611 g/mol. The van der Waals surface area contributed by atoms with Crippen LogP contribution in [0, 0.1) is 0 Å². The van der Waals surface area contributed by atoms with Crippen molar-refractivity contribution in [2.24, 2.45) is 0 Å². The molecule has 0 radical (unpaired) electrons. The summed E-state index contributed by atoms with van der Waals surface area (Å²) >= 11 is 7.16. The van der Waals surface area contributed by atoms with Crippen LogP contribution in [0.5, 0.6) is 5.75 Å². The number of benzene rings is 1. The Morgan fingerprint density at radius 2 is 1.95 bits per heavy atom. The Morgan fingerprint density at radius 3 is 2.77 bits per heavy atom. The number of nitrogens with zero attached hydrogens (tertiary/aromatic N) is 6. The van der Waals surface area contributed by atoms with Crippen molar-refractivity contribution in [1.82, 2.24) is 29.9 Å². The fourth-order valence-corrected chi connectivity index (χ4v) is 5.37. The second-order valence-corrected chi connectivity index (χ2v) is 11.3. The maximum absolute atomic E-state index is 12.5. The molecule has 0 saturated carbocycles. The molecule has 10 nitrogen and oxygen atoms in total. The Balaban J connectivity index is 1.24. The summed E-state index contributed by atoms with van der Waals surface area (Å²) in [7, 11) is 0. The van der Waals surface area contributed by atoms with Crippen molar-refractivity contribution in [2.45, 2.75) is 19.7 Å². The molecule has 6 aromatic rings. The molecule has 0 aliphatic rings. The van der Waals surface area contributed by atoms with Gasteiger partial charge >= 0.3 is 0 Å². The van der Waals surface area contributed by atoms with Gasteiger partial charge in [-0.3, -0.25) is 19.1 Å². The van der Waals surface area contributed by atoms with Crippen LogP contribution in [0.25, 0.3) is 11.4 Å². The Morgan fingerprint density at radius 1 is 1.05 bits per heavy atom. The first-order chi connectivity index (χ1) is 21.0. The van der Waals surface area contributed by atoms with Crippen LogP contribution >= 0.6 is 22.9 Å². The number of carbonyl (C=O) groups excluding carboxylic acids is 1. The molecule has 1 aromatic carbocycles. The van der Waals surface area contributed by atoms with Gasteiger partial charge in [0.25, 0.3) is 11.5 Å². The van der Waals surface area contributed by atoms with Crippen molar-refractivity contribution < 1.29 is 14.1 Å². The third kappa shape index (κ3) is 6.85. The number of amides is 1. The Hall–Kier alpha value is -5.13. The maximum Gasteiger partial charge on any atom is 0.261 e. The van der Waals surface area contributed by atoms with Gasteiger partial charge in [-0.25, -0.2) is 9.25 Å². The summed E-state index contributed by atoms with van der Waals surface area (Å²) in [6.45, 7) is 1.13. The number of aromatic nitrogens is 6. The Labute approximate surface area is 255 Å². The molecule has 0 aliphatic heterocycles. The molecular weight excluding hydrogens is 586 g/mol. The minimum atomic E-state index is -0.239. The van der Waals surface area contributed by atoms with E-state index in [1.807, 2.05) is 55.0 Å². The molecule has 0 aliphatic carbocycles. The minimum Gasteiger partial charge on any atom is -0.486 e. The lowest BCUT2D eigenvalue weighted by molar-refractivity contribution is -0.688. The maximum atomic E-state index is 12.5. The standard InChI is InChI=1S/C31H24ClN7O3S/c32-29-11-10-28(43-29)31(41)34-17-24-20-39(36-35-24)26-9-8-25(38-14-2-1-7-30(38)40)15-27(26)42-21-23-6-4-13-37(19-23)18-22-5-3-12-33-16-22/h1-16,19-20H,17-18,21H2/p+1. The lowest BCUT2D eigenvalue weighted by Crippen LogP contribution is -2.34. The number of pyridine rings is 3. The molecule has 12 heteroatoms. The second kappa shape index (κ2) is 12.8. The SMILES string of the molecule is O=C(NCc1cn(-c2ccc(-n3ccccc3=O)cc2OCc2ccc[n+](Cc3cccnc3)c2)nn1)c1ccc(Cl)s1. The molecule has 0 unspecified atom stereocenters. The molecule has 214 valence electrons. The van der Waals surface area contributed by atoms with Gasteiger partial charge in [0.05, 0.1) is 33.2 Å². The van der Waals surface area contributed by atoms with E-state index in [9.17, 15) is 9.59 Å². The first-order valence-corrected chi connectivity index (χ1v) is 14.5. The van der Waals surface area contributed by atoms with Crippen molar-refractivity contribution in [2.75, 3.05) is 0 Å². The van der Waals surface area contributed by atoms with Crippen molar-refractivity contribution in [3.63, 3.8) is 0 Å². The molecule has 5 heterocycles. The predicted molar refractivity (Wildman–Crippen MR) is 162 cm³/mol. The van der Waals surface area contributed by atoms with Crippen LogP contribution < -0.4 is 20.2 Å². The van der Waals surface area contributed by atoms with Crippen LogP contribution in [0.4, 0.5) is 0 Å². The molecule has 0 saturated heterocycles. The summed E-state index contributed by atoms with van der Waals surface area (Å²) in [5.41, 5.74) is 3.71. The van der Waals surface area contributed by atoms with Crippen molar-refractivity contribution in [3.05, 3.63) is 146 Å². The highest BCUT2D eigenvalue weighted by molar-refractivity contribution is 7.18. The number of hydrogen-bond acceptors (Lipinski definition) is 7. The number of halogens is 1. The lowest BCUT2D eigenvalue weighted by atomic mass is 10.2. The van der Waals surface area contributed by atoms with Crippen LogP contribution in [0.2, 0.25) is 4.34 Å². The third-order valence-corrected chi connectivity index (χ3v) is 7.69. The molecule has 6 rings (SSSR count). The molecule has 1 amide bonds. The van der Waals surface area contributed by atoms with Gasteiger partial charge in [0.15, 0.2) is 18.9 Å². The molecule has 5 aromatic heterocycles. The predicted octanol–water partition coefficient (Wildman–Crippen LogP) is 4.37. The van der Waals surface area contributed by atoms with Gasteiger partial charge in [0.1, 0.15) is 23.7 Å². The average Bonchev–Trinajstić information content (AvgIpc) is 3.69. The second-order valence-electron chi connectivity index (χ2n) is 9.54. The van der Waals surface area contributed by atoms with Gasteiger partial charge in [-0.1, -0.05) is 22.9 Å². The minimum absolute atomic E-state index is 0.161. The number of carbonyl (C=O) groups is 1. The van der Waals surface area contributed by atoms with Gasteiger partial charge < -0.3 is 10.1 Å². The normalized spacial score (nSPS) is 10.9. The topological polar surface area (TPSA) is 108 Å². The van der Waals surface area contributed by atoms with E-state index >= 15 is 0 Å². The van der Waals surface area contributed by atoms with E-state index < -0.39 is 0 Å². The van der Waals surface area contributed by atoms with Gasteiger partial charge in [-0.05, 0) is 48.5 Å². The van der Waals surface area contributed by atoms with Crippen LogP contribution in [-0.4, -0.2) is 30.5 Å². The Bertz CT molecular complexity index is 1940. The first-order valence-electron chi connectivity index (χ1n) is 13.3. The largest absolute Gasteiger partial charge is 0.486 e. The van der Waals surface area contributed by atoms with E-state index in [2.05, 4.69) is 25.2 Å². The summed E-state index contributed by atoms with van der Waals surface area (Å²) in [5, 5.41) is 11.3. The monoisotopic (exact) mass is 610 g/mol. The van der Waals surface area contributed by atoms with Crippen molar-refractivity contribution in [3.8, 4) is 17.1 Å². The molecule has 0 fully saturated rings. The van der Waals surface area contributed by atoms with E-state index in [1.54, 1.807) is 58.2 Å². The van der Waals surface area contributed by atoms with Gasteiger partial charge in [0.2, 0.25) is 0 Å². The van der Waals surface area contributed by atoms with Crippen molar-refractivity contribution >= 4 is 28.8 Å². The van der Waals surface area contributed by atoms with E-state index in [1.165, 1.54) is 17.4 Å². The highest BCUT2D eigenvalue weighted by Crippen LogP contribution is 2.27. The van der Waals surface area contributed by atoms with Gasteiger partial charge in [-0.2, -0.15) is 0 Å². The van der Waals surface area contributed by atoms with E-state index in [-0.39, 0.29) is 24.6 Å². The van der Waals surface area contributed by atoms with E-state index in [0.29, 0.717) is 38.6 Å². The molecular formula is C31H25ClN7O3S+. The van der Waals surface area contributed by atoms with Crippen LogP contribution in [0.1, 0.15) is 26.5 Å². The quantitative estimate of drug-likeness (QED) is 0.231. The zero-order valence-corrected chi connectivity index (χ0v) is 24.3. The smallest absolute Gasteiger partial charge is 0.261 e. The highest BCUT2D eigenvalue weighted by atomic mass is 35.5. The third-order valence-electron chi connectivity index (χ3n) is 6.46. The highest BCUT2D eigenvalue weighted by Gasteiger charge is 2.15. The van der Waals surface area contributed by atoms with E-state index in [4.69, 9.17) is 16.3 Å². The van der Waals surface area contributed by atoms with Crippen LogP contribution in [0.15, 0.2) is 115 Å². The number of hydrogen-bond donors (Lipinski definition) is 1. The fraction of sp³-hybridized carbons (Fsp3) is 0.0968. The lowest BCUT2D eigenvalue weighted by Gasteiger charge is -2.14. The fourth-order valence-electron chi connectivity index (χ4n) is 4.41. The first kappa shape index (κ1) is 28.0. The molecule has 1 N–H and O–H groups in total. The number of ether oxygens (including phenoxy) is 1. The summed E-state index contributed by atoms with van der Waals surface area (Å²) in [6.07, 6.45) is 11.0. The number of rotatable bonds is 10. The van der Waals surface area contributed by atoms with E-state index in [0.717, 1.165) is 11.1 Å². The Kier molecular flexibility index (Phi) is 8.34. The van der Waals surface area contributed by atoms with Crippen LogP contribution in [0.3, 0.4) is 0 Å². The van der Waals surface area contributed by atoms with Crippen molar-refractivity contribution in [1.29, 1.82) is 0 Å². The summed E-state index contributed by atoms with van der Waals surface area (Å²) < 4.78 is 12.1. The molecule has 0 spiro atoms. The zero-order valence-electron chi connectivity index (χ0n) is 22.7.